The molecule has 0 spiro atoms. The standard InChI is InChI=1S/C25H28N4O6S/c1-16-4-2-3-9-27(16)22(31)14-29-18-8-11-36-23(18)24(32)28(25(29)33)10-7-21(30)26-13-17-5-6-19-20(12-17)35-15-34-19/h5-6,8,11-12,16H,2-4,7,9-10,13-15H2,1H3,(H,26,30). The lowest BCUT2D eigenvalue weighted by atomic mass is 10.0. The van der Waals surface area contributed by atoms with E-state index in [0.717, 1.165) is 29.4 Å². The third-order valence-electron chi connectivity index (χ3n) is 6.74. The first kappa shape index (κ1) is 24.1. The summed E-state index contributed by atoms with van der Waals surface area (Å²) in [5.74, 6) is 0.864. The van der Waals surface area contributed by atoms with Crippen LogP contribution in [0.25, 0.3) is 10.2 Å². The van der Waals surface area contributed by atoms with Crippen LogP contribution in [0.1, 0.15) is 38.2 Å². The number of benzene rings is 1. The van der Waals surface area contributed by atoms with Crippen LogP contribution in [0.2, 0.25) is 0 Å². The maximum atomic E-state index is 13.3. The lowest BCUT2D eigenvalue weighted by Crippen LogP contribution is -2.47. The van der Waals surface area contributed by atoms with Gasteiger partial charge in [-0.1, -0.05) is 6.07 Å². The summed E-state index contributed by atoms with van der Waals surface area (Å²) >= 11 is 1.23. The molecule has 190 valence electrons. The Labute approximate surface area is 211 Å². The van der Waals surface area contributed by atoms with Gasteiger partial charge in [0.25, 0.3) is 5.56 Å². The number of nitrogens with zero attached hydrogens (tertiary/aromatic N) is 3. The largest absolute Gasteiger partial charge is 0.454 e. The second-order valence-corrected chi connectivity index (χ2v) is 10.0. The molecule has 11 heteroatoms. The van der Waals surface area contributed by atoms with Gasteiger partial charge < -0.3 is 19.7 Å². The number of hydrogen-bond donors (Lipinski definition) is 1. The molecule has 1 N–H and O–H groups in total. The van der Waals surface area contributed by atoms with E-state index in [1.165, 1.54) is 15.9 Å². The minimum absolute atomic E-state index is 0.0479. The van der Waals surface area contributed by atoms with E-state index in [2.05, 4.69) is 5.32 Å². The lowest BCUT2D eigenvalue weighted by molar-refractivity contribution is -0.135. The molecule has 0 aliphatic carbocycles. The molecule has 5 rings (SSSR count). The number of nitrogens with one attached hydrogen (secondary N) is 1. The molecule has 1 saturated heterocycles. The number of ether oxygens (including phenoxy) is 2. The maximum Gasteiger partial charge on any atom is 0.332 e. The van der Waals surface area contributed by atoms with E-state index < -0.39 is 11.2 Å². The highest BCUT2D eigenvalue weighted by Crippen LogP contribution is 2.32. The zero-order valence-electron chi connectivity index (χ0n) is 20.0. The topological polar surface area (TPSA) is 112 Å². The summed E-state index contributed by atoms with van der Waals surface area (Å²) in [6.07, 6.45) is 2.92. The van der Waals surface area contributed by atoms with Crippen LogP contribution in [0, 0.1) is 0 Å². The number of piperidine rings is 1. The van der Waals surface area contributed by atoms with Crippen molar-refractivity contribution in [3.8, 4) is 11.5 Å². The fraction of sp³-hybridized carbons (Fsp3) is 0.440. The van der Waals surface area contributed by atoms with Gasteiger partial charge in [-0.05, 0) is 55.3 Å². The predicted octanol–water partition coefficient (Wildman–Crippen LogP) is 2.06. The zero-order chi connectivity index (χ0) is 25.2. The van der Waals surface area contributed by atoms with E-state index in [-0.39, 0.29) is 50.7 Å². The van der Waals surface area contributed by atoms with Gasteiger partial charge >= 0.3 is 5.69 Å². The molecule has 0 saturated carbocycles. The molecule has 2 aliphatic heterocycles. The lowest BCUT2D eigenvalue weighted by Gasteiger charge is -2.33. The van der Waals surface area contributed by atoms with Gasteiger partial charge in [0, 0.05) is 32.1 Å². The van der Waals surface area contributed by atoms with E-state index in [9.17, 15) is 19.2 Å². The van der Waals surface area contributed by atoms with Crippen LogP contribution in [0.4, 0.5) is 0 Å². The first-order valence-electron chi connectivity index (χ1n) is 12.1. The quantitative estimate of drug-likeness (QED) is 0.519. The number of thiophene rings is 1. The SMILES string of the molecule is CC1CCCCN1C(=O)Cn1c(=O)n(CCC(=O)NCc2ccc3c(c2)OCO3)c(=O)c2sccc21. The summed E-state index contributed by atoms with van der Waals surface area (Å²) < 4.78 is 13.5. The smallest absolute Gasteiger partial charge is 0.332 e. The Morgan fingerprint density at radius 1 is 1.11 bits per heavy atom. The molecule has 2 aromatic heterocycles. The van der Waals surface area contributed by atoms with E-state index in [1.807, 2.05) is 17.9 Å². The van der Waals surface area contributed by atoms with Crippen LogP contribution >= 0.6 is 11.3 Å². The van der Waals surface area contributed by atoms with Crippen molar-refractivity contribution < 1.29 is 19.1 Å². The molecule has 2 amide bonds. The molecule has 4 heterocycles. The molecule has 1 aromatic carbocycles. The summed E-state index contributed by atoms with van der Waals surface area (Å²) in [4.78, 5) is 53.7. The van der Waals surface area contributed by atoms with E-state index in [4.69, 9.17) is 9.47 Å². The van der Waals surface area contributed by atoms with Crippen molar-refractivity contribution in [1.82, 2.24) is 19.4 Å². The first-order chi connectivity index (χ1) is 17.4. The maximum absolute atomic E-state index is 13.3. The summed E-state index contributed by atoms with van der Waals surface area (Å²) in [6.45, 7) is 2.93. The summed E-state index contributed by atoms with van der Waals surface area (Å²) in [7, 11) is 0. The Morgan fingerprint density at radius 3 is 2.78 bits per heavy atom. The Bertz CT molecular complexity index is 1420. The van der Waals surface area contributed by atoms with E-state index in [0.29, 0.717) is 28.3 Å². The van der Waals surface area contributed by atoms with Crippen molar-refractivity contribution in [2.45, 2.75) is 58.3 Å². The predicted molar refractivity (Wildman–Crippen MR) is 134 cm³/mol. The molecule has 1 fully saturated rings. The Morgan fingerprint density at radius 2 is 1.94 bits per heavy atom. The normalized spacial score (nSPS) is 16.9. The number of rotatable bonds is 7. The summed E-state index contributed by atoms with van der Waals surface area (Å²) in [6, 6.07) is 7.24. The number of likely N-dealkylation sites (tertiary alicyclic amines) is 1. The molecule has 3 aromatic rings. The van der Waals surface area contributed by atoms with Crippen molar-refractivity contribution in [2.24, 2.45) is 0 Å². The van der Waals surface area contributed by atoms with Crippen LogP contribution in [-0.4, -0.2) is 45.2 Å². The second-order valence-electron chi connectivity index (χ2n) is 9.11. The molecule has 2 aliphatic rings. The van der Waals surface area contributed by atoms with Gasteiger partial charge in [0.1, 0.15) is 11.2 Å². The van der Waals surface area contributed by atoms with Gasteiger partial charge in [0.15, 0.2) is 11.5 Å². The van der Waals surface area contributed by atoms with Crippen molar-refractivity contribution in [3.05, 3.63) is 56.0 Å². The Kier molecular flexibility index (Phi) is 6.82. The molecule has 1 atom stereocenters. The molecule has 10 nitrogen and oxygen atoms in total. The number of hydrogen-bond acceptors (Lipinski definition) is 7. The number of aromatic nitrogens is 2. The van der Waals surface area contributed by atoms with E-state index in [1.54, 1.807) is 23.6 Å². The van der Waals surface area contributed by atoms with Crippen LogP contribution in [0.5, 0.6) is 11.5 Å². The number of carbonyl (C=O) groups excluding carboxylic acids is 2. The highest BCUT2D eigenvalue weighted by Gasteiger charge is 2.25. The van der Waals surface area contributed by atoms with Crippen molar-refractivity contribution in [2.75, 3.05) is 13.3 Å². The van der Waals surface area contributed by atoms with E-state index >= 15 is 0 Å². The zero-order valence-corrected chi connectivity index (χ0v) is 20.8. The van der Waals surface area contributed by atoms with Gasteiger partial charge in [-0.3, -0.25) is 23.5 Å². The van der Waals surface area contributed by atoms with Crippen LogP contribution in [0.15, 0.2) is 39.2 Å². The fourth-order valence-electron chi connectivity index (χ4n) is 4.73. The van der Waals surface area contributed by atoms with Crippen molar-refractivity contribution in [1.29, 1.82) is 0 Å². The monoisotopic (exact) mass is 512 g/mol. The summed E-state index contributed by atoms with van der Waals surface area (Å²) in [5, 5.41) is 4.54. The van der Waals surface area contributed by atoms with Crippen molar-refractivity contribution in [3.63, 3.8) is 0 Å². The minimum Gasteiger partial charge on any atom is -0.454 e. The fourth-order valence-corrected chi connectivity index (χ4v) is 5.57. The average Bonchev–Trinajstić information content (AvgIpc) is 3.55. The van der Waals surface area contributed by atoms with Crippen molar-refractivity contribution >= 4 is 33.4 Å². The molecule has 36 heavy (non-hydrogen) atoms. The molecule has 1 unspecified atom stereocenters. The number of carbonyl (C=O) groups is 2. The van der Waals surface area contributed by atoms with Gasteiger partial charge in [-0.25, -0.2) is 4.79 Å². The van der Waals surface area contributed by atoms with Gasteiger partial charge in [-0.15, -0.1) is 11.3 Å². The summed E-state index contributed by atoms with van der Waals surface area (Å²) in [5.41, 5.74) is 0.283. The highest BCUT2D eigenvalue weighted by molar-refractivity contribution is 7.17. The van der Waals surface area contributed by atoms with Gasteiger partial charge in [0.2, 0.25) is 18.6 Å². The Hall–Kier alpha value is -3.60. The highest BCUT2D eigenvalue weighted by atomic mass is 32.1. The average molecular weight is 513 g/mol. The molecular formula is C25H28N4O6S. The van der Waals surface area contributed by atoms with Gasteiger partial charge in [0.05, 0.1) is 5.52 Å². The minimum atomic E-state index is -0.576. The molecule has 0 bridgehead atoms. The first-order valence-corrected chi connectivity index (χ1v) is 13.0. The van der Waals surface area contributed by atoms with Crippen LogP contribution in [0.3, 0.4) is 0 Å². The third-order valence-corrected chi connectivity index (χ3v) is 7.63. The molecular weight excluding hydrogens is 484 g/mol. The van der Waals surface area contributed by atoms with Crippen LogP contribution < -0.4 is 26.0 Å². The number of fused-ring (bicyclic) bond motifs is 2. The van der Waals surface area contributed by atoms with Gasteiger partial charge in [-0.2, -0.15) is 0 Å². The number of amides is 2. The van der Waals surface area contributed by atoms with Crippen LogP contribution in [-0.2, 0) is 29.2 Å². The third kappa shape index (κ3) is 4.75. The Balaban J connectivity index is 1.29. The molecule has 0 radical (unpaired) electrons. The second kappa shape index (κ2) is 10.2.